The summed E-state index contributed by atoms with van der Waals surface area (Å²) in [5.74, 6) is 0. The maximum absolute atomic E-state index is 6.00. The molecule has 1 aromatic heterocycles. The molecule has 0 unspecified atom stereocenters. The van der Waals surface area contributed by atoms with Crippen LogP contribution < -0.4 is 5.73 Å². The Hall–Kier alpha value is -0.730. The van der Waals surface area contributed by atoms with Crippen LogP contribution in [-0.2, 0) is 0 Å². The summed E-state index contributed by atoms with van der Waals surface area (Å²) in [7, 11) is 0. The average molecular weight is 198 g/mol. The topological polar surface area (TPSA) is 26.0 Å². The van der Waals surface area contributed by atoms with Crippen LogP contribution in [0.4, 0.5) is 5.69 Å². The summed E-state index contributed by atoms with van der Waals surface area (Å²) in [6, 6.07) is 3.91. The Balaban J connectivity index is 2.98. The molecule has 0 aliphatic carbocycles. The van der Waals surface area contributed by atoms with E-state index in [-0.39, 0.29) is 0 Å². The highest BCUT2D eigenvalue weighted by molar-refractivity contribution is 7.18. The minimum Gasteiger partial charge on any atom is -0.398 e. The first-order valence-corrected chi connectivity index (χ1v) is 4.87. The molecular weight excluding hydrogens is 190 g/mol. The third-order valence-corrected chi connectivity index (χ3v) is 3.34. The molecule has 12 heavy (non-hydrogen) atoms. The Labute approximate surface area is 79.8 Å². The van der Waals surface area contributed by atoms with Gasteiger partial charge in [-0.2, -0.15) is 0 Å². The third-order valence-electron chi connectivity index (χ3n) is 1.90. The van der Waals surface area contributed by atoms with Gasteiger partial charge in [-0.15, -0.1) is 11.3 Å². The van der Waals surface area contributed by atoms with Gasteiger partial charge in [0, 0.05) is 15.5 Å². The lowest BCUT2D eigenvalue weighted by Gasteiger charge is -1.98. The smallest absolute Gasteiger partial charge is 0.0518 e. The summed E-state index contributed by atoms with van der Waals surface area (Å²) in [4.78, 5) is 0. The highest BCUT2D eigenvalue weighted by Gasteiger charge is 2.06. The third kappa shape index (κ3) is 0.993. The van der Waals surface area contributed by atoms with Crippen molar-refractivity contribution >= 4 is 38.7 Å². The normalized spacial score (nSPS) is 10.8. The van der Waals surface area contributed by atoms with Crippen molar-refractivity contribution in [2.75, 3.05) is 5.73 Å². The predicted molar refractivity (Wildman–Crippen MR) is 56.0 cm³/mol. The van der Waals surface area contributed by atoms with E-state index in [9.17, 15) is 0 Å². The first kappa shape index (κ1) is 7.90. The summed E-state index contributed by atoms with van der Waals surface area (Å²) < 4.78 is 1.19. The van der Waals surface area contributed by atoms with Gasteiger partial charge in [0.1, 0.15) is 0 Å². The number of hydrogen-bond acceptors (Lipinski definition) is 2. The van der Waals surface area contributed by atoms with Crippen LogP contribution in [0, 0.1) is 6.92 Å². The van der Waals surface area contributed by atoms with E-state index in [1.54, 1.807) is 11.3 Å². The summed E-state index contributed by atoms with van der Waals surface area (Å²) in [6.07, 6.45) is 0. The van der Waals surface area contributed by atoms with Gasteiger partial charge < -0.3 is 5.73 Å². The number of anilines is 1. The second kappa shape index (κ2) is 2.64. The Morgan fingerprint density at radius 3 is 2.83 bits per heavy atom. The van der Waals surface area contributed by atoms with Crippen molar-refractivity contribution in [3.05, 3.63) is 28.1 Å². The predicted octanol–water partition coefficient (Wildman–Crippen LogP) is 3.45. The molecule has 0 saturated heterocycles. The molecule has 0 bridgehead atoms. The molecule has 1 heterocycles. The zero-order valence-corrected chi connectivity index (χ0v) is 8.17. The monoisotopic (exact) mass is 197 g/mol. The molecule has 1 aromatic carbocycles. The molecule has 62 valence electrons. The lowest BCUT2D eigenvalue weighted by molar-refractivity contribution is 1.56. The lowest BCUT2D eigenvalue weighted by Crippen LogP contribution is -1.81. The van der Waals surface area contributed by atoms with Gasteiger partial charge in [0.2, 0.25) is 0 Å². The summed E-state index contributed by atoms with van der Waals surface area (Å²) in [5, 5.41) is 3.68. The Kier molecular flexibility index (Phi) is 1.74. The van der Waals surface area contributed by atoms with Gasteiger partial charge in [0.25, 0.3) is 0 Å². The molecule has 0 aliphatic heterocycles. The van der Waals surface area contributed by atoms with E-state index in [0.29, 0.717) is 0 Å². The number of fused-ring (bicyclic) bond motifs is 1. The van der Waals surface area contributed by atoms with Crippen LogP contribution in [0.5, 0.6) is 0 Å². The lowest BCUT2D eigenvalue weighted by atomic mass is 10.2. The maximum Gasteiger partial charge on any atom is 0.0518 e. The molecule has 0 radical (unpaired) electrons. The largest absolute Gasteiger partial charge is 0.398 e. The fourth-order valence-electron chi connectivity index (χ4n) is 1.26. The Bertz CT molecular complexity index is 433. The van der Waals surface area contributed by atoms with Crippen molar-refractivity contribution in [1.29, 1.82) is 0 Å². The van der Waals surface area contributed by atoms with Crippen LogP contribution in [0.1, 0.15) is 5.56 Å². The summed E-state index contributed by atoms with van der Waals surface area (Å²) in [5.41, 5.74) is 7.79. The van der Waals surface area contributed by atoms with Gasteiger partial charge >= 0.3 is 0 Å². The zero-order chi connectivity index (χ0) is 8.72. The zero-order valence-electron chi connectivity index (χ0n) is 6.60. The van der Waals surface area contributed by atoms with E-state index in [2.05, 4.69) is 6.92 Å². The van der Waals surface area contributed by atoms with E-state index < -0.39 is 0 Å². The first-order valence-electron chi connectivity index (χ1n) is 3.62. The fraction of sp³-hybridized carbons (Fsp3) is 0.111. The van der Waals surface area contributed by atoms with Crippen molar-refractivity contribution in [3.63, 3.8) is 0 Å². The molecule has 0 fully saturated rings. The van der Waals surface area contributed by atoms with Crippen LogP contribution >= 0.6 is 22.9 Å². The Morgan fingerprint density at radius 1 is 1.42 bits per heavy atom. The van der Waals surface area contributed by atoms with Gasteiger partial charge in [0.15, 0.2) is 0 Å². The van der Waals surface area contributed by atoms with E-state index >= 15 is 0 Å². The van der Waals surface area contributed by atoms with E-state index in [1.165, 1.54) is 10.3 Å². The molecular formula is C9H8ClNS. The quantitative estimate of drug-likeness (QED) is 0.688. The number of nitrogens with two attached hydrogens (primary N) is 1. The minimum absolute atomic E-state index is 0.745. The molecule has 2 rings (SSSR count). The van der Waals surface area contributed by atoms with E-state index in [4.69, 9.17) is 17.3 Å². The van der Waals surface area contributed by atoms with Crippen LogP contribution in [0.2, 0.25) is 5.02 Å². The average Bonchev–Trinajstić information content (AvgIpc) is 2.42. The number of halogens is 1. The van der Waals surface area contributed by atoms with Gasteiger partial charge in [-0.1, -0.05) is 17.7 Å². The number of benzene rings is 1. The standard InChI is InChI=1S/C9H8ClNS/c1-5-2-3-6(10)8-7(11)4-12-9(5)8/h2-4H,11H2,1H3. The van der Waals surface area contributed by atoms with E-state index in [1.807, 2.05) is 17.5 Å². The van der Waals surface area contributed by atoms with Gasteiger partial charge in [0.05, 0.1) is 10.7 Å². The van der Waals surface area contributed by atoms with Crippen molar-refractivity contribution < 1.29 is 0 Å². The van der Waals surface area contributed by atoms with Crippen molar-refractivity contribution in [2.24, 2.45) is 0 Å². The molecule has 1 nitrogen and oxygen atoms in total. The molecule has 2 aromatic rings. The number of thiophene rings is 1. The fourth-order valence-corrected chi connectivity index (χ4v) is 2.55. The molecule has 0 saturated carbocycles. The molecule has 0 atom stereocenters. The number of rotatable bonds is 0. The SMILES string of the molecule is Cc1ccc(Cl)c2c(N)csc12. The molecule has 0 spiro atoms. The molecule has 0 amide bonds. The number of hydrogen-bond donors (Lipinski definition) is 1. The van der Waals surface area contributed by atoms with Crippen molar-refractivity contribution in [3.8, 4) is 0 Å². The van der Waals surface area contributed by atoms with Gasteiger partial charge in [-0.25, -0.2) is 0 Å². The highest BCUT2D eigenvalue weighted by atomic mass is 35.5. The highest BCUT2D eigenvalue weighted by Crippen LogP contribution is 2.35. The molecule has 3 heteroatoms. The summed E-state index contributed by atoms with van der Waals surface area (Å²) >= 11 is 7.65. The minimum atomic E-state index is 0.745. The second-order valence-corrected chi connectivity index (χ2v) is 4.05. The first-order chi connectivity index (χ1) is 5.70. The molecule has 2 N–H and O–H groups in total. The van der Waals surface area contributed by atoms with Gasteiger partial charge in [-0.05, 0) is 18.6 Å². The number of aryl methyl sites for hydroxylation is 1. The summed E-state index contributed by atoms with van der Waals surface area (Å²) in [6.45, 7) is 2.06. The Morgan fingerprint density at radius 2 is 2.17 bits per heavy atom. The number of nitrogen functional groups attached to an aromatic ring is 1. The van der Waals surface area contributed by atoms with Crippen LogP contribution in [0.15, 0.2) is 17.5 Å². The van der Waals surface area contributed by atoms with Gasteiger partial charge in [-0.3, -0.25) is 0 Å². The second-order valence-electron chi connectivity index (χ2n) is 2.76. The molecule has 0 aliphatic rings. The van der Waals surface area contributed by atoms with Crippen molar-refractivity contribution in [1.82, 2.24) is 0 Å². The van der Waals surface area contributed by atoms with E-state index in [0.717, 1.165) is 16.1 Å². The maximum atomic E-state index is 6.00. The van der Waals surface area contributed by atoms with Crippen LogP contribution in [0.25, 0.3) is 10.1 Å². The van der Waals surface area contributed by atoms with Crippen LogP contribution in [0.3, 0.4) is 0 Å². The van der Waals surface area contributed by atoms with Crippen LogP contribution in [-0.4, -0.2) is 0 Å². The van der Waals surface area contributed by atoms with Crippen molar-refractivity contribution in [2.45, 2.75) is 6.92 Å².